The van der Waals surface area contributed by atoms with Crippen LogP contribution in [0.15, 0.2) is 48.8 Å². The highest BCUT2D eigenvalue weighted by Crippen LogP contribution is 2.23. The number of hydrogen-bond acceptors (Lipinski definition) is 6. The lowest BCUT2D eigenvalue weighted by atomic mass is 10.2. The molecule has 0 bridgehead atoms. The minimum Gasteiger partial charge on any atom is -0.492 e. The second-order valence-electron chi connectivity index (χ2n) is 5.59. The van der Waals surface area contributed by atoms with Crippen molar-refractivity contribution in [2.24, 2.45) is 0 Å². The van der Waals surface area contributed by atoms with Gasteiger partial charge < -0.3 is 15.4 Å². The Morgan fingerprint density at radius 3 is 2.81 bits per heavy atom. The molecular formula is C18H20N6O2. The van der Waals surface area contributed by atoms with Crippen molar-refractivity contribution in [3.8, 4) is 11.4 Å². The molecule has 0 saturated carbocycles. The molecule has 3 rings (SSSR count). The van der Waals surface area contributed by atoms with E-state index in [2.05, 4.69) is 26.2 Å². The van der Waals surface area contributed by atoms with E-state index in [9.17, 15) is 4.79 Å². The number of carbonyl (C=O) groups is 1. The van der Waals surface area contributed by atoms with Crippen LogP contribution in [0.2, 0.25) is 0 Å². The number of para-hydroxylation sites is 2. The third-order valence-corrected chi connectivity index (χ3v) is 3.71. The van der Waals surface area contributed by atoms with Gasteiger partial charge in [0.05, 0.1) is 24.5 Å². The monoisotopic (exact) mass is 352 g/mol. The lowest BCUT2D eigenvalue weighted by Crippen LogP contribution is -2.22. The number of rotatable bonds is 7. The molecule has 0 unspecified atom stereocenters. The molecule has 3 aromatic rings. The van der Waals surface area contributed by atoms with Gasteiger partial charge in [0.15, 0.2) is 0 Å². The van der Waals surface area contributed by atoms with Crippen LogP contribution >= 0.6 is 0 Å². The van der Waals surface area contributed by atoms with Crippen LogP contribution < -0.4 is 15.4 Å². The van der Waals surface area contributed by atoms with E-state index in [1.165, 1.54) is 0 Å². The Morgan fingerprint density at radius 1 is 1.23 bits per heavy atom. The molecule has 2 N–H and O–H groups in total. The molecule has 8 heteroatoms. The minimum absolute atomic E-state index is 0.143. The van der Waals surface area contributed by atoms with E-state index in [0.717, 1.165) is 16.9 Å². The van der Waals surface area contributed by atoms with E-state index >= 15 is 0 Å². The fraction of sp³-hybridized carbons (Fsp3) is 0.222. The number of nitrogens with zero attached hydrogens (tertiary/aromatic N) is 4. The van der Waals surface area contributed by atoms with Gasteiger partial charge in [-0.15, -0.1) is 5.10 Å². The van der Waals surface area contributed by atoms with Crippen molar-refractivity contribution in [2.75, 3.05) is 23.8 Å². The SMILES string of the molecule is CCOc1ccccc1NC(=O)CNc1ccc(-n2cnnn2)c(C)c1. The molecule has 1 amide bonds. The highest BCUT2D eigenvalue weighted by atomic mass is 16.5. The second-order valence-corrected chi connectivity index (χ2v) is 5.59. The first-order chi connectivity index (χ1) is 12.7. The maximum Gasteiger partial charge on any atom is 0.243 e. The number of benzene rings is 2. The summed E-state index contributed by atoms with van der Waals surface area (Å²) in [6.07, 6.45) is 1.54. The first-order valence-electron chi connectivity index (χ1n) is 8.27. The molecule has 1 aromatic heterocycles. The van der Waals surface area contributed by atoms with Crippen LogP contribution in [-0.4, -0.2) is 39.3 Å². The Labute approximate surface area is 151 Å². The lowest BCUT2D eigenvalue weighted by molar-refractivity contribution is -0.114. The van der Waals surface area contributed by atoms with Gasteiger partial charge in [0.1, 0.15) is 12.1 Å². The Balaban J connectivity index is 1.61. The summed E-state index contributed by atoms with van der Waals surface area (Å²) in [4.78, 5) is 12.2. The van der Waals surface area contributed by atoms with E-state index in [1.54, 1.807) is 11.0 Å². The molecule has 26 heavy (non-hydrogen) atoms. The number of aryl methyl sites for hydroxylation is 1. The van der Waals surface area contributed by atoms with Crippen molar-refractivity contribution in [1.29, 1.82) is 0 Å². The van der Waals surface area contributed by atoms with Gasteiger partial charge in [-0.05, 0) is 60.2 Å². The average molecular weight is 352 g/mol. The summed E-state index contributed by atoms with van der Waals surface area (Å²) in [7, 11) is 0. The third kappa shape index (κ3) is 4.15. The molecule has 0 aliphatic carbocycles. The Hall–Kier alpha value is -3.42. The van der Waals surface area contributed by atoms with Crippen LogP contribution in [0.4, 0.5) is 11.4 Å². The number of hydrogen-bond donors (Lipinski definition) is 2. The number of nitrogens with one attached hydrogen (secondary N) is 2. The summed E-state index contributed by atoms with van der Waals surface area (Å²) in [5, 5.41) is 17.1. The van der Waals surface area contributed by atoms with E-state index < -0.39 is 0 Å². The molecule has 0 atom stereocenters. The van der Waals surface area contributed by atoms with Gasteiger partial charge in [-0.1, -0.05) is 12.1 Å². The summed E-state index contributed by atoms with van der Waals surface area (Å²) >= 11 is 0. The summed E-state index contributed by atoms with van der Waals surface area (Å²) in [5.74, 6) is 0.504. The normalized spacial score (nSPS) is 10.4. The molecule has 0 radical (unpaired) electrons. The summed E-state index contributed by atoms with van der Waals surface area (Å²) in [6.45, 7) is 4.55. The van der Waals surface area contributed by atoms with Crippen LogP contribution in [0.1, 0.15) is 12.5 Å². The standard InChI is InChI=1S/C18H20N6O2/c1-3-26-17-7-5-4-6-15(17)21-18(25)11-19-14-8-9-16(13(2)10-14)24-12-20-22-23-24/h4-10,12,19H,3,11H2,1-2H3,(H,21,25). The molecule has 0 aliphatic heterocycles. The molecule has 0 fully saturated rings. The number of anilines is 2. The van der Waals surface area contributed by atoms with Crippen molar-refractivity contribution in [2.45, 2.75) is 13.8 Å². The van der Waals surface area contributed by atoms with Crippen molar-refractivity contribution in [1.82, 2.24) is 20.2 Å². The molecule has 2 aromatic carbocycles. The molecule has 0 saturated heterocycles. The molecule has 0 aliphatic rings. The fourth-order valence-corrected chi connectivity index (χ4v) is 2.52. The number of tetrazole rings is 1. The quantitative estimate of drug-likeness (QED) is 0.678. The zero-order valence-corrected chi connectivity index (χ0v) is 14.6. The molecule has 8 nitrogen and oxygen atoms in total. The zero-order chi connectivity index (χ0) is 18.4. The van der Waals surface area contributed by atoms with Crippen LogP contribution in [0.25, 0.3) is 5.69 Å². The van der Waals surface area contributed by atoms with Crippen LogP contribution in [0.3, 0.4) is 0 Å². The molecule has 1 heterocycles. The van der Waals surface area contributed by atoms with Gasteiger partial charge in [0.25, 0.3) is 0 Å². The van der Waals surface area contributed by atoms with Gasteiger partial charge in [-0.2, -0.15) is 0 Å². The average Bonchev–Trinajstić information content (AvgIpc) is 3.16. The fourth-order valence-electron chi connectivity index (χ4n) is 2.52. The van der Waals surface area contributed by atoms with Crippen LogP contribution in [0.5, 0.6) is 5.75 Å². The van der Waals surface area contributed by atoms with Gasteiger partial charge in [-0.3, -0.25) is 4.79 Å². The first-order valence-corrected chi connectivity index (χ1v) is 8.27. The summed E-state index contributed by atoms with van der Waals surface area (Å²) in [6, 6.07) is 13.1. The van der Waals surface area contributed by atoms with E-state index in [0.29, 0.717) is 18.0 Å². The molecule has 0 spiro atoms. The topological polar surface area (TPSA) is 94.0 Å². The smallest absolute Gasteiger partial charge is 0.243 e. The maximum atomic E-state index is 12.2. The predicted octanol–water partition coefficient (Wildman–Crippen LogP) is 2.42. The summed E-state index contributed by atoms with van der Waals surface area (Å²) < 4.78 is 7.11. The zero-order valence-electron chi connectivity index (χ0n) is 14.6. The Bertz CT molecular complexity index is 879. The maximum absolute atomic E-state index is 12.2. The Morgan fingerprint density at radius 2 is 2.08 bits per heavy atom. The van der Waals surface area contributed by atoms with Gasteiger partial charge in [0, 0.05) is 5.69 Å². The van der Waals surface area contributed by atoms with E-state index in [1.807, 2.05) is 56.3 Å². The van der Waals surface area contributed by atoms with Gasteiger partial charge in [-0.25, -0.2) is 4.68 Å². The highest BCUT2D eigenvalue weighted by Gasteiger charge is 2.08. The van der Waals surface area contributed by atoms with Crippen LogP contribution in [-0.2, 0) is 4.79 Å². The first kappa shape index (κ1) is 17.4. The third-order valence-electron chi connectivity index (χ3n) is 3.71. The van der Waals surface area contributed by atoms with Crippen LogP contribution in [0, 0.1) is 6.92 Å². The van der Waals surface area contributed by atoms with Crippen molar-refractivity contribution in [3.05, 3.63) is 54.4 Å². The predicted molar refractivity (Wildman–Crippen MR) is 98.6 cm³/mol. The Kier molecular flexibility index (Phi) is 5.43. The van der Waals surface area contributed by atoms with Crippen molar-refractivity contribution >= 4 is 17.3 Å². The van der Waals surface area contributed by atoms with Gasteiger partial charge in [0.2, 0.25) is 5.91 Å². The largest absolute Gasteiger partial charge is 0.492 e. The van der Waals surface area contributed by atoms with Gasteiger partial charge >= 0.3 is 0 Å². The molecule has 134 valence electrons. The number of carbonyl (C=O) groups excluding carboxylic acids is 1. The number of aromatic nitrogens is 4. The number of ether oxygens (including phenoxy) is 1. The second kappa shape index (κ2) is 8.11. The number of amides is 1. The van der Waals surface area contributed by atoms with E-state index in [4.69, 9.17) is 4.74 Å². The van der Waals surface area contributed by atoms with Crippen molar-refractivity contribution < 1.29 is 9.53 Å². The van der Waals surface area contributed by atoms with Crippen molar-refractivity contribution in [3.63, 3.8) is 0 Å². The molecular weight excluding hydrogens is 332 g/mol. The minimum atomic E-state index is -0.153. The summed E-state index contributed by atoms with van der Waals surface area (Å²) in [5.41, 5.74) is 3.37. The highest BCUT2D eigenvalue weighted by molar-refractivity contribution is 5.95. The lowest BCUT2D eigenvalue weighted by Gasteiger charge is -2.13. The van der Waals surface area contributed by atoms with E-state index in [-0.39, 0.29) is 12.5 Å².